The average molecular weight is 431 g/mol. The van der Waals surface area contributed by atoms with Crippen LogP contribution in [-0.4, -0.2) is 68.2 Å². The molecule has 0 saturated carbocycles. The number of hydrogen-bond acceptors (Lipinski definition) is 5. The van der Waals surface area contributed by atoms with Gasteiger partial charge in [0, 0.05) is 0 Å². The predicted molar refractivity (Wildman–Crippen MR) is 105 cm³/mol. The fourth-order valence-electron chi connectivity index (χ4n) is 2.82. The van der Waals surface area contributed by atoms with Crippen molar-refractivity contribution in [2.45, 2.75) is 5.92 Å². The molecule has 1 fully saturated rings. The second kappa shape index (κ2) is 10.1. The molecule has 1 radical (unpaired) electrons. The third kappa shape index (κ3) is 5.07. The Morgan fingerprint density at radius 3 is 2.56 bits per heavy atom. The van der Waals surface area contributed by atoms with Crippen LogP contribution < -0.4 is 15.4 Å². The monoisotopic (exact) mass is 432 g/mol. The summed E-state index contributed by atoms with van der Waals surface area (Å²) in [5.74, 6) is 2.20. The third-order valence-electron chi connectivity index (χ3n) is 4.34. The zero-order chi connectivity index (χ0) is 19.8. The normalized spacial score (nSPS) is 20.0. The molecule has 1 saturated heterocycles. The molecular formula is C19H22N5O2Se. The van der Waals surface area contributed by atoms with Gasteiger partial charge >= 0.3 is 124 Å². The standard InChI is InChI=1S/C14H10N4OSe.C5H11NO/c1-19-11-5-3-2-4-8(11)12-9(6-15)13(17)18-14(20)10(12)7-16;1-6-2-4-7-5-3-6/h2-5,12H,1H3,(H2,17,18);2-5H2,1H3/q-1;/p+1. The van der Waals surface area contributed by atoms with Crippen molar-refractivity contribution in [2.24, 2.45) is 10.7 Å². The van der Waals surface area contributed by atoms with Crippen LogP contribution in [0, 0.1) is 11.3 Å². The number of aliphatic imine (C=N–C) groups is 1. The summed E-state index contributed by atoms with van der Waals surface area (Å²) in [4.78, 5) is 5.60. The van der Waals surface area contributed by atoms with Crippen molar-refractivity contribution in [3.8, 4) is 11.8 Å². The Morgan fingerprint density at radius 2 is 2.04 bits per heavy atom. The van der Waals surface area contributed by atoms with Crippen LogP contribution in [-0.2, 0) is 4.74 Å². The van der Waals surface area contributed by atoms with Gasteiger partial charge in [-0.3, -0.25) is 0 Å². The van der Waals surface area contributed by atoms with E-state index in [2.05, 4.69) is 34.1 Å². The maximum absolute atomic E-state index is 9.35. The molecule has 3 rings (SSSR count). The Balaban J connectivity index is 0.000000313. The molecule has 2 aliphatic rings. The molecule has 27 heavy (non-hydrogen) atoms. The van der Waals surface area contributed by atoms with Crippen LogP contribution in [0.15, 0.2) is 45.0 Å². The first-order chi connectivity index (χ1) is 13.0. The molecule has 7 nitrogen and oxygen atoms in total. The number of nitrogens with zero attached hydrogens (tertiary/aromatic N) is 3. The van der Waals surface area contributed by atoms with Crippen molar-refractivity contribution in [2.75, 3.05) is 40.5 Å². The van der Waals surface area contributed by atoms with Crippen LogP contribution in [0.5, 0.6) is 5.75 Å². The van der Waals surface area contributed by atoms with E-state index in [-0.39, 0.29) is 11.4 Å². The summed E-state index contributed by atoms with van der Waals surface area (Å²) in [7, 11) is 3.74. The van der Waals surface area contributed by atoms with Gasteiger partial charge in [0.15, 0.2) is 0 Å². The Hall–Kier alpha value is -2.39. The minimum Gasteiger partial charge on any atom is -0.370 e. The fourth-order valence-corrected chi connectivity index (χ4v) is 3.36. The second-order valence-corrected chi connectivity index (χ2v) is 6.91. The quantitative estimate of drug-likeness (QED) is 0.498. The Labute approximate surface area is 167 Å². The topological polar surface area (TPSA) is 107 Å². The van der Waals surface area contributed by atoms with Crippen molar-refractivity contribution in [1.82, 2.24) is 0 Å². The van der Waals surface area contributed by atoms with Gasteiger partial charge in [-0.1, -0.05) is 0 Å². The Kier molecular flexibility index (Phi) is 7.81. The summed E-state index contributed by atoms with van der Waals surface area (Å²) in [6, 6.07) is 9.33. The number of rotatable bonds is 2. The van der Waals surface area contributed by atoms with E-state index in [1.807, 2.05) is 24.1 Å². The number of likely N-dealkylation sites (N-methyl/N-ethyl adjacent to an activating group) is 1. The van der Waals surface area contributed by atoms with Gasteiger partial charge in [-0.05, 0) is 0 Å². The summed E-state index contributed by atoms with van der Waals surface area (Å²) in [5.41, 5.74) is 7.13. The molecule has 1 aromatic carbocycles. The molecule has 2 heterocycles. The van der Waals surface area contributed by atoms with Gasteiger partial charge in [0.2, 0.25) is 0 Å². The van der Waals surface area contributed by atoms with Gasteiger partial charge in [-0.15, -0.1) is 0 Å². The number of quaternary nitrogens is 1. The maximum Gasteiger partial charge on any atom is 0.101 e. The molecule has 1 aromatic rings. The van der Waals surface area contributed by atoms with Crippen LogP contribution in [0.1, 0.15) is 11.5 Å². The van der Waals surface area contributed by atoms with E-state index in [1.165, 1.54) is 13.1 Å². The van der Waals surface area contributed by atoms with E-state index >= 15 is 0 Å². The molecule has 0 bridgehead atoms. The van der Waals surface area contributed by atoms with Crippen molar-refractivity contribution < 1.29 is 14.4 Å². The van der Waals surface area contributed by atoms with Crippen LogP contribution in [0.4, 0.5) is 0 Å². The summed E-state index contributed by atoms with van der Waals surface area (Å²) in [6.07, 6.45) is 0. The number of hydrogen-bond donors (Lipinski definition) is 2. The number of morpholine rings is 1. The second-order valence-electron chi connectivity index (χ2n) is 6.10. The molecule has 141 valence electrons. The van der Waals surface area contributed by atoms with E-state index in [0.29, 0.717) is 21.5 Å². The number of nitriles is 1. The first-order valence-corrected chi connectivity index (χ1v) is 9.33. The molecule has 0 aromatic heterocycles. The number of benzene rings is 1. The van der Waals surface area contributed by atoms with Crippen LogP contribution in [0.3, 0.4) is 0 Å². The van der Waals surface area contributed by atoms with E-state index in [4.69, 9.17) is 15.2 Å². The van der Waals surface area contributed by atoms with E-state index in [1.54, 1.807) is 18.1 Å². The molecule has 1 unspecified atom stereocenters. The van der Waals surface area contributed by atoms with Crippen LogP contribution in [0.2, 0.25) is 0 Å². The molecule has 8 heteroatoms. The van der Waals surface area contributed by atoms with Crippen molar-refractivity contribution >= 4 is 27.7 Å². The number of nitrogens with one attached hydrogen (secondary N) is 1. The molecular weight excluding hydrogens is 409 g/mol. The number of ether oxygens (including phenoxy) is 2. The fraction of sp³-hybridized carbons (Fsp3) is 0.368. The van der Waals surface area contributed by atoms with E-state index < -0.39 is 5.92 Å². The van der Waals surface area contributed by atoms with Gasteiger partial charge < -0.3 is 9.64 Å². The minimum atomic E-state index is -0.560. The number of nitrogens with two attached hydrogens (primary N) is 1. The summed E-state index contributed by atoms with van der Waals surface area (Å²) in [6.45, 7) is 4.26. The van der Waals surface area contributed by atoms with E-state index in [9.17, 15) is 10.7 Å². The van der Waals surface area contributed by atoms with Gasteiger partial charge in [-0.25, -0.2) is 0 Å². The number of para-hydroxylation sites is 1. The maximum atomic E-state index is 9.35. The number of amidine groups is 1. The first kappa shape index (κ1) is 20.9. The Morgan fingerprint density at radius 1 is 1.37 bits per heavy atom. The minimum absolute atomic E-state index is 0.121. The molecule has 0 spiro atoms. The van der Waals surface area contributed by atoms with Crippen LogP contribution >= 0.6 is 0 Å². The van der Waals surface area contributed by atoms with Gasteiger partial charge in [0.1, 0.15) is 13.1 Å². The molecule has 0 amide bonds. The molecule has 2 aliphatic heterocycles. The van der Waals surface area contributed by atoms with Gasteiger partial charge in [-0.2, -0.15) is 0 Å². The van der Waals surface area contributed by atoms with Crippen molar-refractivity contribution in [3.05, 3.63) is 51.0 Å². The van der Waals surface area contributed by atoms with Crippen molar-refractivity contribution in [3.63, 3.8) is 0 Å². The third-order valence-corrected chi connectivity index (χ3v) is 5.00. The average Bonchev–Trinajstić information content (AvgIpc) is 2.68. The summed E-state index contributed by atoms with van der Waals surface area (Å²) < 4.78 is 10.8. The largest absolute Gasteiger partial charge is 0.370 e. The molecule has 1 atom stereocenters. The molecule has 0 aliphatic carbocycles. The summed E-state index contributed by atoms with van der Waals surface area (Å²) >= 11 is 2.72. The Bertz CT molecular complexity index is 831. The van der Waals surface area contributed by atoms with Gasteiger partial charge in [0.05, 0.1) is 20.3 Å². The van der Waals surface area contributed by atoms with E-state index in [0.717, 1.165) is 13.2 Å². The number of methoxy groups -OCH3 is 1. The smallest absolute Gasteiger partial charge is 0.101 e. The van der Waals surface area contributed by atoms with Gasteiger partial charge in [0.25, 0.3) is 0 Å². The summed E-state index contributed by atoms with van der Waals surface area (Å²) in [5, 5.41) is 18.7. The van der Waals surface area contributed by atoms with Crippen LogP contribution in [0.25, 0.3) is 5.41 Å². The number of allylic oxidation sites excluding steroid dienone is 1. The molecule has 3 N–H and O–H groups in total. The first-order valence-electron chi connectivity index (χ1n) is 8.48. The zero-order valence-electron chi connectivity index (χ0n) is 15.4. The SMILES string of the molecule is COc1ccccc1C1C(=C=[N-])C(N)=NC([Se])=C1C#N.C[NH+]1CCOCC1. The van der Waals surface area contributed by atoms with Crippen molar-refractivity contribution in [1.29, 1.82) is 5.26 Å². The predicted octanol–water partition coefficient (Wildman–Crippen LogP) is -0.250. The zero-order valence-corrected chi connectivity index (χ0v) is 17.1.